The van der Waals surface area contributed by atoms with E-state index < -0.39 is 29.9 Å². The van der Waals surface area contributed by atoms with Crippen molar-refractivity contribution in [3.63, 3.8) is 0 Å². The molecule has 0 saturated carbocycles. The molecule has 25 heavy (non-hydrogen) atoms. The van der Waals surface area contributed by atoms with Crippen molar-refractivity contribution in [1.29, 1.82) is 0 Å². The van der Waals surface area contributed by atoms with Crippen LogP contribution in [0.3, 0.4) is 0 Å². The number of halogens is 4. The van der Waals surface area contributed by atoms with Gasteiger partial charge in [0.2, 0.25) is 18.7 Å². The number of nitrogens with zero attached hydrogens (tertiary/aromatic N) is 4. The lowest BCUT2D eigenvalue weighted by Gasteiger charge is -2.12. The van der Waals surface area contributed by atoms with E-state index in [-0.39, 0.29) is 11.5 Å². The summed E-state index contributed by atoms with van der Waals surface area (Å²) < 4.78 is 48.9. The summed E-state index contributed by atoms with van der Waals surface area (Å²) in [7, 11) is 0. The summed E-state index contributed by atoms with van der Waals surface area (Å²) in [6, 6.07) is 3.38. The first-order chi connectivity index (χ1) is 11.8. The van der Waals surface area contributed by atoms with E-state index in [1.165, 1.54) is 12.1 Å². The van der Waals surface area contributed by atoms with Crippen molar-refractivity contribution in [3.05, 3.63) is 68.3 Å². The molecule has 0 spiro atoms. The first-order valence-electron chi connectivity index (χ1n) is 6.86. The highest BCUT2D eigenvalue weighted by Gasteiger charge is 2.15. The first-order valence-corrected chi connectivity index (χ1v) is 6.86. The smallest absolute Gasteiger partial charge is 0.269 e. The maximum absolute atomic E-state index is 14.2. The average Bonchev–Trinajstić information content (AvgIpc) is 2.52. The SMILES string of the molecule is Cc1cc(F)c(-n2c(=O)cc(F)n3cnc(=O)nc23)cc1C.FCF. The normalized spacial score (nSPS) is 10.5. The van der Waals surface area contributed by atoms with Crippen LogP contribution in [0.5, 0.6) is 0 Å². The topological polar surface area (TPSA) is 69.3 Å². The summed E-state index contributed by atoms with van der Waals surface area (Å²) in [6.07, 6.45) is 0.898. The van der Waals surface area contributed by atoms with E-state index in [1.807, 2.05) is 0 Å². The molecule has 0 aliphatic rings. The van der Waals surface area contributed by atoms with Crippen molar-refractivity contribution >= 4 is 5.78 Å². The molecule has 0 saturated heterocycles. The predicted molar refractivity (Wildman–Crippen MR) is 81.3 cm³/mol. The van der Waals surface area contributed by atoms with Gasteiger partial charge in [0.15, 0.2) is 0 Å². The second-order valence-electron chi connectivity index (χ2n) is 4.94. The maximum atomic E-state index is 14.2. The molecule has 2 aromatic heterocycles. The standard InChI is InChI=1S/C14H10F2N4O2.CH2F2/c1-7-3-9(15)10(4-8(7)2)20-12(21)5-11(16)19-6-17-13(22)18-14(19)20;2-1-3/h3-6H,1-2H3;1H2. The minimum absolute atomic E-state index is 0.108. The van der Waals surface area contributed by atoms with Crippen LogP contribution in [0.25, 0.3) is 11.5 Å². The summed E-state index contributed by atoms with van der Waals surface area (Å²) >= 11 is 0. The lowest BCUT2D eigenvalue weighted by Crippen LogP contribution is -2.27. The zero-order valence-electron chi connectivity index (χ0n) is 13.1. The molecule has 0 unspecified atom stereocenters. The van der Waals surface area contributed by atoms with E-state index >= 15 is 0 Å². The third-order valence-electron chi connectivity index (χ3n) is 3.39. The van der Waals surface area contributed by atoms with Crippen LogP contribution in [0.15, 0.2) is 34.1 Å². The van der Waals surface area contributed by atoms with Crippen LogP contribution in [-0.2, 0) is 0 Å². The van der Waals surface area contributed by atoms with Gasteiger partial charge in [0, 0.05) is 0 Å². The molecule has 6 nitrogen and oxygen atoms in total. The summed E-state index contributed by atoms with van der Waals surface area (Å²) in [5, 5.41) is 0. The second-order valence-corrected chi connectivity index (χ2v) is 4.94. The van der Waals surface area contributed by atoms with Crippen LogP contribution in [0.2, 0.25) is 0 Å². The summed E-state index contributed by atoms with van der Waals surface area (Å²) in [6.45, 7) is 1.72. The molecule has 0 amide bonds. The predicted octanol–water partition coefficient (Wildman–Crippen LogP) is 2.02. The Balaban J connectivity index is 0.000000701. The van der Waals surface area contributed by atoms with Crippen molar-refractivity contribution < 1.29 is 17.6 Å². The number of aryl methyl sites for hydroxylation is 2. The molecule has 0 N–H and O–H groups in total. The van der Waals surface area contributed by atoms with Gasteiger partial charge in [-0.2, -0.15) is 14.4 Å². The molecule has 0 radical (unpaired) electrons. The summed E-state index contributed by atoms with van der Waals surface area (Å²) in [4.78, 5) is 30.3. The molecule has 2 heterocycles. The first kappa shape index (κ1) is 18.3. The highest BCUT2D eigenvalue weighted by molar-refractivity contribution is 5.47. The van der Waals surface area contributed by atoms with Crippen LogP contribution >= 0.6 is 0 Å². The summed E-state index contributed by atoms with van der Waals surface area (Å²) in [5.74, 6) is -1.96. The van der Waals surface area contributed by atoms with Gasteiger partial charge in [0.25, 0.3) is 5.56 Å². The van der Waals surface area contributed by atoms with E-state index in [2.05, 4.69) is 9.97 Å². The maximum Gasteiger partial charge on any atom is 0.371 e. The van der Waals surface area contributed by atoms with Crippen molar-refractivity contribution in [1.82, 2.24) is 18.9 Å². The molecule has 3 rings (SSSR count). The van der Waals surface area contributed by atoms with Gasteiger partial charge in [0.1, 0.15) is 12.1 Å². The Bertz CT molecular complexity index is 1050. The zero-order chi connectivity index (χ0) is 18.7. The highest BCUT2D eigenvalue weighted by atomic mass is 19.3. The van der Waals surface area contributed by atoms with Gasteiger partial charge in [-0.3, -0.25) is 4.79 Å². The number of fused-ring (bicyclic) bond motifs is 1. The fourth-order valence-electron chi connectivity index (χ4n) is 2.13. The number of alkyl halides is 2. The molecule has 3 aromatic rings. The van der Waals surface area contributed by atoms with E-state index in [1.54, 1.807) is 13.8 Å². The second kappa shape index (κ2) is 7.24. The van der Waals surface area contributed by atoms with Gasteiger partial charge in [-0.1, -0.05) is 0 Å². The molecule has 0 aliphatic carbocycles. The minimum Gasteiger partial charge on any atom is -0.269 e. The lowest BCUT2D eigenvalue weighted by molar-refractivity contribution is 0.295. The monoisotopic (exact) mass is 356 g/mol. The molecule has 0 fully saturated rings. The van der Waals surface area contributed by atoms with Crippen molar-refractivity contribution in [2.75, 3.05) is 6.93 Å². The number of rotatable bonds is 1. The molecule has 1 aromatic carbocycles. The Hall–Kier alpha value is -3.04. The number of hydrogen-bond donors (Lipinski definition) is 0. The van der Waals surface area contributed by atoms with Gasteiger partial charge in [-0.25, -0.2) is 26.9 Å². The van der Waals surface area contributed by atoms with Gasteiger partial charge < -0.3 is 0 Å². The van der Waals surface area contributed by atoms with Crippen molar-refractivity contribution in [3.8, 4) is 5.69 Å². The Morgan fingerprint density at radius 1 is 1.04 bits per heavy atom. The molecular formula is C15H12F4N4O2. The zero-order valence-corrected chi connectivity index (χ0v) is 13.1. The largest absolute Gasteiger partial charge is 0.371 e. The van der Waals surface area contributed by atoms with Crippen LogP contribution in [-0.4, -0.2) is 25.9 Å². The molecule has 0 atom stereocenters. The Kier molecular flexibility index (Phi) is 5.30. The van der Waals surface area contributed by atoms with Gasteiger partial charge >= 0.3 is 5.69 Å². The van der Waals surface area contributed by atoms with E-state index in [0.717, 1.165) is 20.9 Å². The third kappa shape index (κ3) is 3.57. The third-order valence-corrected chi connectivity index (χ3v) is 3.39. The number of aromatic nitrogens is 4. The van der Waals surface area contributed by atoms with E-state index in [4.69, 9.17) is 0 Å². The van der Waals surface area contributed by atoms with Crippen LogP contribution in [0, 0.1) is 25.6 Å². The van der Waals surface area contributed by atoms with Crippen LogP contribution < -0.4 is 11.2 Å². The summed E-state index contributed by atoms with van der Waals surface area (Å²) in [5.41, 5.74) is -0.404. The van der Waals surface area contributed by atoms with E-state index in [0.29, 0.717) is 11.6 Å². The fraction of sp³-hybridized carbons (Fsp3) is 0.200. The molecule has 132 valence electrons. The van der Waals surface area contributed by atoms with Gasteiger partial charge in [-0.15, -0.1) is 0 Å². The lowest BCUT2D eigenvalue weighted by atomic mass is 10.1. The fourth-order valence-corrected chi connectivity index (χ4v) is 2.13. The van der Waals surface area contributed by atoms with Gasteiger partial charge in [0.05, 0.1) is 11.8 Å². The molecule has 0 bridgehead atoms. The number of benzene rings is 1. The molecule has 0 aliphatic heterocycles. The average molecular weight is 356 g/mol. The molecule has 10 heteroatoms. The Morgan fingerprint density at radius 2 is 1.64 bits per heavy atom. The van der Waals surface area contributed by atoms with E-state index in [9.17, 15) is 27.2 Å². The van der Waals surface area contributed by atoms with Crippen LogP contribution in [0.1, 0.15) is 11.1 Å². The van der Waals surface area contributed by atoms with Crippen molar-refractivity contribution in [2.45, 2.75) is 13.8 Å². The Morgan fingerprint density at radius 3 is 2.28 bits per heavy atom. The molecular weight excluding hydrogens is 344 g/mol. The van der Waals surface area contributed by atoms with Gasteiger partial charge in [-0.05, 0) is 37.1 Å². The Labute approximate surface area is 138 Å². The van der Waals surface area contributed by atoms with Crippen molar-refractivity contribution in [2.24, 2.45) is 0 Å². The quantitative estimate of drug-likeness (QED) is 0.494. The van der Waals surface area contributed by atoms with Crippen LogP contribution in [0.4, 0.5) is 17.6 Å². The number of hydrogen-bond acceptors (Lipinski definition) is 4. The highest BCUT2D eigenvalue weighted by Crippen LogP contribution is 2.18. The minimum atomic E-state index is -1.75.